The van der Waals surface area contributed by atoms with Gasteiger partial charge in [0.05, 0.1) is 0 Å². The maximum Gasteiger partial charge on any atom is 0.467 e. The molecule has 0 aliphatic rings. The molecule has 0 aromatic rings. The van der Waals surface area contributed by atoms with Crippen LogP contribution in [0.1, 0.15) is 6.42 Å². The summed E-state index contributed by atoms with van der Waals surface area (Å²) in [5.41, 5.74) is 5.39. The molecule has 0 saturated carbocycles. The molecule has 0 fully saturated rings. The molecule has 0 amide bonds. The van der Waals surface area contributed by atoms with Gasteiger partial charge in [0.25, 0.3) is 0 Å². The summed E-state index contributed by atoms with van der Waals surface area (Å²) in [5.74, 6) is 0. The van der Waals surface area contributed by atoms with Gasteiger partial charge in [0.1, 0.15) is 31.5 Å². The maximum absolute atomic E-state index is 5.39. The van der Waals surface area contributed by atoms with E-state index in [0.717, 1.165) is 12.5 Å². The average Bonchev–Trinajstić information content (AvgIpc) is 2.08. The first kappa shape index (κ1) is 11.7. The summed E-state index contributed by atoms with van der Waals surface area (Å²) in [7, 11) is -0.0405. The van der Waals surface area contributed by atoms with E-state index < -0.39 is 8.80 Å². The van der Waals surface area contributed by atoms with Crippen LogP contribution in [0.2, 0.25) is 6.04 Å². The fraction of sp³-hybridized carbons (Fsp3) is 1.00. The first-order valence-electron chi connectivity index (χ1n) is 3.60. The summed E-state index contributed by atoms with van der Waals surface area (Å²) in [6.07, 6.45) is 0.943. The van der Waals surface area contributed by atoms with Crippen molar-refractivity contribution in [3.05, 3.63) is 0 Å². The minimum atomic E-state index is -2.13. The second kappa shape index (κ2) is 6.25. The van der Waals surface area contributed by atoms with E-state index in [0.29, 0.717) is 38.0 Å². The second-order valence-corrected chi connectivity index (χ2v) is 8.95. The number of nitrogens with two attached hydrogens (primary N) is 1. The number of hydrogen-bond donors (Lipinski definition) is 1. The fourth-order valence-electron chi connectivity index (χ4n) is 0.875. The van der Waals surface area contributed by atoms with Crippen LogP contribution in [-0.2, 0) is 12.3 Å². The molecule has 68 valence electrons. The van der Waals surface area contributed by atoms with Crippen LogP contribution in [0.5, 0.6) is 0 Å². The van der Waals surface area contributed by atoms with E-state index in [1.807, 2.05) is 0 Å². The van der Waals surface area contributed by atoms with Crippen LogP contribution < -0.4 is 5.73 Å². The van der Waals surface area contributed by atoms with Gasteiger partial charge in [-0.15, -0.1) is 0 Å². The van der Waals surface area contributed by atoms with Gasteiger partial charge in [0, 0.05) is 6.04 Å². The molecule has 0 aromatic heterocycles. The quantitative estimate of drug-likeness (QED) is 0.473. The van der Waals surface area contributed by atoms with Crippen molar-refractivity contribution in [3.8, 4) is 0 Å². The Kier molecular flexibility index (Phi) is 6.65. The smallest absolute Gasteiger partial charge is 0.425 e. The third kappa shape index (κ3) is 3.75. The summed E-state index contributed by atoms with van der Waals surface area (Å²) in [6.45, 7) is 0.690. The zero-order valence-electron chi connectivity index (χ0n) is 7.42. The topological polar surface area (TPSA) is 53.7 Å². The largest absolute Gasteiger partial charge is 0.467 e. The minimum absolute atomic E-state index is 0.690. The minimum Gasteiger partial charge on any atom is -0.425 e. The van der Waals surface area contributed by atoms with E-state index in [1.165, 1.54) is 0 Å². The van der Waals surface area contributed by atoms with Crippen molar-refractivity contribution < 1.29 is 12.3 Å². The van der Waals surface area contributed by atoms with E-state index in [2.05, 4.69) is 0 Å². The molecule has 0 atom stereocenters. The van der Waals surface area contributed by atoms with Crippen LogP contribution >= 0.6 is 0 Å². The molecule has 0 bridgehead atoms. The van der Waals surface area contributed by atoms with Crippen molar-refractivity contribution in [1.29, 1.82) is 0 Å². The SMILES string of the molecule is NCCC[Si](O[SiH3])(O[SiH3])O[SiH3]. The van der Waals surface area contributed by atoms with Crippen molar-refractivity contribution in [1.82, 2.24) is 0 Å². The Balaban J connectivity index is 3.84. The molecule has 0 rings (SSSR count). The van der Waals surface area contributed by atoms with Crippen molar-refractivity contribution in [2.75, 3.05) is 6.54 Å². The molecule has 4 nitrogen and oxygen atoms in total. The van der Waals surface area contributed by atoms with Gasteiger partial charge in [0.15, 0.2) is 0 Å². The predicted octanol–water partition coefficient (Wildman–Crippen LogP) is -3.83. The molecular weight excluding hydrogens is 210 g/mol. The molecule has 0 spiro atoms. The van der Waals surface area contributed by atoms with Crippen molar-refractivity contribution in [2.45, 2.75) is 12.5 Å². The summed E-state index contributed by atoms with van der Waals surface area (Å²) in [4.78, 5) is 0. The highest BCUT2D eigenvalue weighted by Gasteiger charge is 2.34. The summed E-state index contributed by atoms with van der Waals surface area (Å²) < 4.78 is 16.2. The van der Waals surface area contributed by atoms with Crippen LogP contribution in [0, 0.1) is 0 Å². The molecular formula is C3H17NO3Si4. The first-order valence-corrected chi connectivity index (χ1v) is 7.98. The van der Waals surface area contributed by atoms with Crippen LogP contribution in [0.25, 0.3) is 0 Å². The molecule has 0 saturated heterocycles. The molecule has 11 heavy (non-hydrogen) atoms. The highest BCUT2D eigenvalue weighted by molar-refractivity contribution is 6.69. The Bertz CT molecular complexity index is 92.3. The van der Waals surface area contributed by atoms with Crippen molar-refractivity contribution in [3.63, 3.8) is 0 Å². The third-order valence-electron chi connectivity index (χ3n) is 1.62. The van der Waals surface area contributed by atoms with Gasteiger partial charge in [-0.2, -0.15) is 0 Å². The summed E-state index contributed by atoms with van der Waals surface area (Å²) in [6, 6.07) is 0.889. The van der Waals surface area contributed by atoms with E-state index in [1.54, 1.807) is 0 Å². The summed E-state index contributed by atoms with van der Waals surface area (Å²) >= 11 is 0. The molecule has 0 aromatic carbocycles. The lowest BCUT2D eigenvalue weighted by Crippen LogP contribution is -2.44. The van der Waals surface area contributed by atoms with Gasteiger partial charge in [0.2, 0.25) is 0 Å². The van der Waals surface area contributed by atoms with Crippen LogP contribution in [-0.4, -0.2) is 46.8 Å². The molecule has 2 N–H and O–H groups in total. The fourth-order valence-corrected chi connectivity index (χ4v) is 10.5. The highest BCUT2D eigenvalue weighted by Crippen LogP contribution is 2.12. The average molecular weight is 228 g/mol. The van der Waals surface area contributed by atoms with E-state index in [4.69, 9.17) is 18.1 Å². The van der Waals surface area contributed by atoms with Gasteiger partial charge in [-0.25, -0.2) is 0 Å². The van der Waals surface area contributed by atoms with Gasteiger partial charge in [-0.3, -0.25) is 0 Å². The number of hydrogen-bond acceptors (Lipinski definition) is 4. The highest BCUT2D eigenvalue weighted by atomic mass is 28.5. The van der Waals surface area contributed by atoms with Crippen molar-refractivity contribution >= 4 is 40.3 Å². The lowest BCUT2D eigenvalue weighted by Gasteiger charge is -2.26. The molecule has 0 radical (unpaired) electrons. The normalized spacial score (nSPS) is 17.2. The molecule has 0 unspecified atom stereocenters. The Morgan fingerprint density at radius 3 is 1.82 bits per heavy atom. The molecule has 0 heterocycles. The van der Waals surface area contributed by atoms with Crippen LogP contribution in [0.15, 0.2) is 0 Å². The lowest BCUT2D eigenvalue weighted by atomic mass is 10.5. The van der Waals surface area contributed by atoms with E-state index in [9.17, 15) is 0 Å². The second-order valence-electron chi connectivity index (χ2n) is 2.19. The van der Waals surface area contributed by atoms with Gasteiger partial charge in [-0.05, 0) is 13.0 Å². The molecule has 8 heteroatoms. The van der Waals surface area contributed by atoms with E-state index >= 15 is 0 Å². The first-order chi connectivity index (χ1) is 5.24. The Morgan fingerprint density at radius 2 is 1.55 bits per heavy atom. The Labute approximate surface area is 77.8 Å². The van der Waals surface area contributed by atoms with Crippen LogP contribution in [0.3, 0.4) is 0 Å². The Hall–Kier alpha value is 0.708. The predicted molar refractivity (Wildman–Crippen MR) is 57.3 cm³/mol. The zero-order valence-corrected chi connectivity index (χ0v) is 14.4. The third-order valence-corrected chi connectivity index (χ3v) is 10.1. The van der Waals surface area contributed by atoms with Gasteiger partial charge < -0.3 is 18.1 Å². The zero-order chi connectivity index (χ0) is 8.74. The Morgan fingerprint density at radius 1 is 1.09 bits per heavy atom. The summed E-state index contributed by atoms with van der Waals surface area (Å²) in [5, 5.41) is 0. The van der Waals surface area contributed by atoms with Crippen LogP contribution in [0.4, 0.5) is 0 Å². The van der Waals surface area contributed by atoms with Gasteiger partial charge in [-0.1, -0.05) is 0 Å². The standard InChI is InChI=1S/C3H17NO3Si4/c4-2-1-3-11(5-8,6-9)7-10/h1-4H2,8-10H3. The van der Waals surface area contributed by atoms with Crippen molar-refractivity contribution in [2.24, 2.45) is 5.73 Å². The number of rotatable bonds is 6. The monoisotopic (exact) mass is 227 g/mol. The molecule has 0 aliphatic heterocycles. The van der Waals surface area contributed by atoms with Gasteiger partial charge >= 0.3 is 8.80 Å². The van der Waals surface area contributed by atoms with E-state index in [-0.39, 0.29) is 0 Å². The lowest BCUT2D eigenvalue weighted by molar-refractivity contribution is 0.293. The maximum atomic E-state index is 5.39. The molecule has 0 aliphatic carbocycles.